The summed E-state index contributed by atoms with van der Waals surface area (Å²) in [5.74, 6) is -0.410. The molecule has 0 unspecified atom stereocenters. The molecule has 4 rings (SSSR count). The van der Waals surface area contributed by atoms with Gasteiger partial charge in [-0.2, -0.15) is 0 Å². The molecule has 0 saturated heterocycles. The molecule has 0 aliphatic heterocycles. The fourth-order valence-corrected chi connectivity index (χ4v) is 4.52. The Morgan fingerprint density at radius 2 is 1.67 bits per heavy atom. The zero-order chi connectivity index (χ0) is 23.1. The summed E-state index contributed by atoms with van der Waals surface area (Å²) < 4.78 is 28.5. The summed E-state index contributed by atoms with van der Waals surface area (Å²) in [6.45, 7) is 0.509. The summed E-state index contributed by atoms with van der Waals surface area (Å²) in [4.78, 5) is 17.9. The van der Waals surface area contributed by atoms with Crippen LogP contribution in [0.5, 0.6) is 0 Å². The number of nitrogens with one attached hydrogen (secondary N) is 1. The van der Waals surface area contributed by atoms with E-state index < -0.39 is 17.0 Å². The number of carbonyl (C=O) groups is 1. The van der Waals surface area contributed by atoms with Crippen molar-refractivity contribution in [2.45, 2.75) is 50.4 Å². The summed E-state index contributed by atoms with van der Waals surface area (Å²) in [6.07, 6.45) is 9.90. The zero-order valence-corrected chi connectivity index (χ0v) is 18.8. The highest BCUT2D eigenvalue weighted by atomic mass is 19.1. The molecule has 33 heavy (non-hydrogen) atoms. The molecule has 172 valence electrons. The van der Waals surface area contributed by atoms with Crippen LogP contribution in [-0.4, -0.2) is 17.4 Å². The molecule has 3 nitrogen and oxygen atoms in total. The van der Waals surface area contributed by atoms with Gasteiger partial charge in [0.2, 0.25) is 5.91 Å². The number of nitrogens with zero attached hydrogens (tertiary/aromatic N) is 1. The van der Waals surface area contributed by atoms with Crippen molar-refractivity contribution in [2.75, 3.05) is 6.54 Å². The molecule has 3 aromatic rings. The molecule has 1 amide bonds. The molecule has 1 fully saturated rings. The fourth-order valence-electron chi connectivity index (χ4n) is 4.52. The van der Waals surface area contributed by atoms with E-state index in [1.54, 1.807) is 30.5 Å². The highest BCUT2D eigenvalue weighted by Gasteiger charge is 2.43. The predicted molar refractivity (Wildman–Crippen MR) is 126 cm³/mol. The van der Waals surface area contributed by atoms with Crippen molar-refractivity contribution in [1.82, 2.24) is 10.3 Å². The highest BCUT2D eigenvalue weighted by Crippen LogP contribution is 2.43. The van der Waals surface area contributed by atoms with Crippen LogP contribution in [0, 0.1) is 17.6 Å². The van der Waals surface area contributed by atoms with E-state index in [0.717, 1.165) is 38.5 Å². The Labute approximate surface area is 194 Å². The number of amides is 1. The van der Waals surface area contributed by atoms with Crippen molar-refractivity contribution in [3.8, 4) is 0 Å². The van der Waals surface area contributed by atoms with Gasteiger partial charge in [0, 0.05) is 18.9 Å². The molecule has 1 aromatic heterocycles. The lowest BCUT2D eigenvalue weighted by molar-refractivity contribution is -0.125. The smallest absolute Gasteiger partial charge is 0.235 e. The van der Waals surface area contributed by atoms with E-state index in [1.807, 2.05) is 18.3 Å². The number of hydrogen-bond acceptors (Lipinski definition) is 2. The minimum Gasteiger partial charge on any atom is -0.355 e. The monoisotopic (exact) mass is 448 g/mol. The molecule has 0 spiro atoms. The van der Waals surface area contributed by atoms with E-state index >= 15 is 0 Å². The summed E-state index contributed by atoms with van der Waals surface area (Å²) in [5.41, 5.74) is 1.18. The van der Waals surface area contributed by atoms with Gasteiger partial charge in [-0.3, -0.25) is 9.78 Å². The van der Waals surface area contributed by atoms with Crippen LogP contribution in [0.1, 0.15) is 55.2 Å². The van der Waals surface area contributed by atoms with Gasteiger partial charge in [-0.05, 0) is 85.0 Å². The average Bonchev–Trinajstić information content (AvgIpc) is 3.65. The van der Waals surface area contributed by atoms with E-state index in [9.17, 15) is 13.6 Å². The molecular weight excluding hydrogens is 418 g/mol. The number of halogens is 2. The van der Waals surface area contributed by atoms with E-state index in [4.69, 9.17) is 0 Å². The van der Waals surface area contributed by atoms with Crippen molar-refractivity contribution in [3.63, 3.8) is 0 Å². The third-order valence-corrected chi connectivity index (χ3v) is 6.55. The number of aryl methyl sites for hydroxylation is 1. The number of rotatable bonds is 11. The Balaban J connectivity index is 1.55. The Bertz CT molecular complexity index is 1020. The molecular formula is C28H30F2N2O. The van der Waals surface area contributed by atoms with Crippen LogP contribution in [0.3, 0.4) is 0 Å². The number of hydrogen-bond donors (Lipinski definition) is 1. The van der Waals surface area contributed by atoms with Crippen molar-refractivity contribution in [3.05, 3.63) is 101 Å². The maximum absolute atomic E-state index is 14.3. The second-order valence-electron chi connectivity index (χ2n) is 8.98. The molecule has 1 aliphatic rings. The summed E-state index contributed by atoms with van der Waals surface area (Å²) >= 11 is 0. The molecule has 1 aliphatic carbocycles. The lowest BCUT2D eigenvalue weighted by Crippen LogP contribution is -2.46. The van der Waals surface area contributed by atoms with Gasteiger partial charge in [0.15, 0.2) is 0 Å². The standard InChI is InChI=1S/C28H30F2N2O/c29-25-10-3-8-23(18-25)28(15-14-21-12-13-21,24-9-4-11-26(30)19-24)27(33)32-17-2-1-6-22-7-5-16-31-20-22/h3-5,7-11,16,18-21H,1-2,6,12-15,17H2,(H,32,33). The lowest BCUT2D eigenvalue weighted by Gasteiger charge is -2.34. The third kappa shape index (κ3) is 5.84. The largest absolute Gasteiger partial charge is 0.355 e. The maximum Gasteiger partial charge on any atom is 0.235 e. The molecule has 2 aromatic carbocycles. The van der Waals surface area contributed by atoms with Crippen molar-refractivity contribution in [1.29, 1.82) is 0 Å². The summed E-state index contributed by atoms with van der Waals surface area (Å²) in [7, 11) is 0. The van der Waals surface area contributed by atoms with Crippen LogP contribution >= 0.6 is 0 Å². The topological polar surface area (TPSA) is 42.0 Å². The molecule has 0 bridgehead atoms. The SMILES string of the molecule is O=C(NCCCCc1cccnc1)C(CCC1CC1)(c1cccc(F)c1)c1cccc(F)c1. The van der Waals surface area contributed by atoms with Crippen LogP contribution < -0.4 is 5.32 Å². The molecule has 1 N–H and O–H groups in total. The first-order valence-corrected chi connectivity index (χ1v) is 11.8. The number of pyridine rings is 1. The Kier molecular flexibility index (Phi) is 7.48. The van der Waals surface area contributed by atoms with Gasteiger partial charge in [-0.15, -0.1) is 0 Å². The zero-order valence-electron chi connectivity index (χ0n) is 18.8. The van der Waals surface area contributed by atoms with Gasteiger partial charge < -0.3 is 5.32 Å². The summed E-state index contributed by atoms with van der Waals surface area (Å²) in [5, 5.41) is 3.09. The van der Waals surface area contributed by atoms with Gasteiger partial charge in [-0.25, -0.2) is 8.78 Å². The average molecular weight is 449 g/mol. The van der Waals surface area contributed by atoms with Crippen LogP contribution in [0.25, 0.3) is 0 Å². The minimum atomic E-state index is -1.13. The molecule has 1 heterocycles. The molecule has 1 saturated carbocycles. The van der Waals surface area contributed by atoms with Crippen LogP contribution in [0.15, 0.2) is 73.1 Å². The quantitative estimate of drug-likeness (QED) is 0.367. The van der Waals surface area contributed by atoms with Crippen molar-refractivity contribution < 1.29 is 13.6 Å². The number of benzene rings is 2. The normalized spacial score (nSPS) is 13.6. The van der Waals surface area contributed by atoms with Crippen LogP contribution in [0.2, 0.25) is 0 Å². The van der Waals surface area contributed by atoms with Crippen LogP contribution in [0.4, 0.5) is 8.78 Å². The Morgan fingerprint density at radius 1 is 0.970 bits per heavy atom. The highest BCUT2D eigenvalue weighted by molar-refractivity contribution is 5.92. The van der Waals surface area contributed by atoms with Gasteiger partial charge >= 0.3 is 0 Å². The maximum atomic E-state index is 14.3. The van der Waals surface area contributed by atoms with Gasteiger partial charge in [0.05, 0.1) is 5.41 Å². The van der Waals surface area contributed by atoms with Crippen LogP contribution in [-0.2, 0) is 16.6 Å². The lowest BCUT2D eigenvalue weighted by atomic mass is 9.70. The number of unbranched alkanes of at least 4 members (excludes halogenated alkanes) is 1. The minimum absolute atomic E-state index is 0.194. The van der Waals surface area contributed by atoms with Crippen molar-refractivity contribution >= 4 is 5.91 Å². The van der Waals surface area contributed by atoms with E-state index in [0.29, 0.717) is 30.0 Å². The second kappa shape index (κ2) is 10.7. The molecule has 5 heteroatoms. The first-order valence-electron chi connectivity index (χ1n) is 11.8. The predicted octanol–water partition coefficient (Wildman–Crippen LogP) is 5.98. The fraction of sp³-hybridized carbons (Fsp3) is 0.357. The third-order valence-electron chi connectivity index (χ3n) is 6.55. The first-order chi connectivity index (χ1) is 16.1. The first kappa shape index (κ1) is 23.1. The Morgan fingerprint density at radius 3 is 2.24 bits per heavy atom. The number of carbonyl (C=O) groups excluding carboxylic acids is 1. The second-order valence-corrected chi connectivity index (χ2v) is 8.98. The van der Waals surface area contributed by atoms with Crippen molar-refractivity contribution in [2.24, 2.45) is 5.92 Å². The van der Waals surface area contributed by atoms with E-state index in [1.165, 1.54) is 29.8 Å². The van der Waals surface area contributed by atoms with E-state index in [2.05, 4.69) is 10.3 Å². The molecule has 0 atom stereocenters. The molecule has 0 radical (unpaired) electrons. The number of aromatic nitrogens is 1. The van der Waals surface area contributed by atoms with E-state index in [-0.39, 0.29) is 5.91 Å². The van der Waals surface area contributed by atoms with Gasteiger partial charge in [0.1, 0.15) is 11.6 Å². The Hall–Kier alpha value is -3.08. The van der Waals surface area contributed by atoms with Gasteiger partial charge in [-0.1, -0.05) is 43.2 Å². The van der Waals surface area contributed by atoms with Gasteiger partial charge in [0.25, 0.3) is 0 Å². The summed E-state index contributed by atoms with van der Waals surface area (Å²) in [6, 6.07) is 16.3.